The van der Waals surface area contributed by atoms with Gasteiger partial charge in [-0.15, -0.1) is 11.3 Å². The molecule has 3 aromatic rings. The number of carbonyl (C=O) groups excluding carboxylic acids is 1. The highest BCUT2D eigenvalue weighted by molar-refractivity contribution is 9.10. The number of benzene rings is 1. The molecular weight excluding hydrogens is 376 g/mol. The molecule has 0 aliphatic heterocycles. The first-order chi connectivity index (χ1) is 9.91. The highest BCUT2D eigenvalue weighted by Gasteiger charge is 2.20. The van der Waals surface area contributed by atoms with Crippen LogP contribution >= 0.6 is 38.9 Å². The molecule has 0 bridgehead atoms. The van der Waals surface area contributed by atoms with Crippen LogP contribution in [0.1, 0.15) is 15.2 Å². The molecule has 0 fully saturated rings. The van der Waals surface area contributed by atoms with Gasteiger partial charge in [0.25, 0.3) is 0 Å². The van der Waals surface area contributed by atoms with Crippen LogP contribution in [-0.4, -0.2) is 14.9 Å². The molecule has 2 aromatic heterocycles. The lowest BCUT2D eigenvalue weighted by atomic mass is 10.1. The third kappa shape index (κ3) is 2.18. The van der Waals surface area contributed by atoms with Crippen molar-refractivity contribution in [2.75, 3.05) is 0 Å². The highest BCUT2D eigenvalue weighted by atomic mass is 79.9. The lowest BCUT2D eigenvalue weighted by molar-refractivity contribution is 0.104. The van der Waals surface area contributed by atoms with Crippen LogP contribution in [0.4, 0.5) is 0 Å². The van der Waals surface area contributed by atoms with E-state index in [1.54, 1.807) is 42.2 Å². The molecule has 0 saturated carbocycles. The Hall–Kier alpha value is -1.37. The summed E-state index contributed by atoms with van der Waals surface area (Å²) >= 11 is 10.7. The van der Waals surface area contributed by atoms with Crippen molar-refractivity contribution in [2.45, 2.75) is 0 Å². The number of aryl methyl sites for hydroxylation is 2. The zero-order valence-corrected chi connectivity index (χ0v) is 14.3. The quantitative estimate of drug-likeness (QED) is 0.633. The summed E-state index contributed by atoms with van der Waals surface area (Å²) in [4.78, 5) is 25.1. The van der Waals surface area contributed by atoms with E-state index in [0.29, 0.717) is 25.5 Å². The van der Waals surface area contributed by atoms with Gasteiger partial charge in [0.2, 0.25) is 5.78 Å². The molecule has 0 saturated heterocycles. The lowest BCUT2D eigenvalue weighted by Gasteiger charge is -2.05. The SMILES string of the molecule is Cn1c(=O)n(C)c2cc(C(=O)c3sccc3Cl)c(Br)cc21. The maximum atomic E-state index is 12.6. The Bertz CT molecular complexity index is 938. The van der Waals surface area contributed by atoms with E-state index in [9.17, 15) is 9.59 Å². The second-order valence-corrected chi connectivity index (χ2v) is 6.83. The second-order valence-electron chi connectivity index (χ2n) is 4.65. The summed E-state index contributed by atoms with van der Waals surface area (Å²) in [6.45, 7) is 0. The summed E-state index contributed by atoms with van der Waals surface area (Å²) in [5.41, 5.74) is 1.84. The fraction of sp³-hybridized carbons (Fsp3) is 0.143. The molecule has 21 heavy (non-hydrogen) atoms. The number of imidazole rings is 1. The molecule has 2 heterocycles. The van der Waals surface area contributed by atoms with Gasteiger partial charge in [-0.05, 0) is 39.5 Å². The third-order valence-corrected chi connectivity index (χ3v) is 5.43. The van der Waals surface area contributed by atoms with Gasteiger partial charge >= 0.3 is 5.69 Å². The van der Waals surface area contributed by atoms with Gasteiger partial charge < -0.3 is 0 Å². The number of hydrogen-bond acceptors (Lipinski definition) is 3. The van der Waals surface area contributed by atoms with Gasteiger partial charge in [0, 0.05) is 24.1 Å². The molecular formula is C14H10BrClN2O2S. The van der Waals surface area contributed by atoms with Crippen LogP contribution in [0.15, 0.2) is 32.8 Å². The maximum absolute atomic E-state index is 12.6. The van der Waals surface area contributed by atoms with E-state index in [-0.39, 0.29) is 11.5 Å². The molecule has 1 aromatic carbocycles. The molecule has 0 radical (unpaired) electrons. The van der Waals surface area contributed by atoms with E-state index in [1.165, 1.54) is 15.9 Å². The molecule has 0 atom stereocenters. The predicted octanol–water partition coefficient (Wildman–Crippen LogP) is 3.59. The van der Waals surface area contributed by atoms with Crippen molar-refractivity contribution < 1.29 is 4.79 Å². The summed E-state index contributed by atoms with van der Waals surface area (Å²) in [6, 6.07) is 5.20. The Labute approximate surface area is 137 Å². The molecule has 0 aliphatic carbocycles. The van der Waals surface area contributed by atoms with Crippen LogP contribution in [0.2, 0.25) is 5.02 Å². The Balaban J connectivity index is 2.27. The maximum Gasteiger partial charge on any atom is 0.328 e. The normalized spacial score (nSPS) is 11.2. The molecule has 0 spiro atoms. The smallest absolute Gasteiger partial charge is 0.295 e. The minimum Gasteiger partial charge on any atom is -0.295 e. The molecule has 4 nitrogen and oxygen atoms in total. The van der Waals surface area contributed by atoms with E-state index in [2.05, 4.69) is 15.9 Å². The van der Waals surface area contributed by atoms with Gasteiger partial charge in [0.1, 0.15) is 0 Å². The summed E-state index contributed by atoms with van der Waals surface area (Å²) in [7, 11) is 3.39. The third-order valence-electron chi connectivity index (χ3n) is 3.43. The Morgan fingerprint density at radius 2 is 1.86 bits per heavy atom. The number of hydrogen-bond donors (Lipinski definition) is 0. The number of carbonyl (C=O) groups is 1. The minimum atomic E-state index is -0.153. The monoisotopic (exact) mass is 384 g/mol. The minimum absolute atomic E-state index is 0.129. The lowest BCUT2D eigenvalue weighted by Crippen LogP contribution is -2.19. The standard InChI is InChI=1S/C14H10BrClN2O2S/c1-17-10-5-7(12(19)13-9(16)3-4-21-13)8(15)6-11(10)18(2)14(17)20/h3-6H,1-2H3. The number of thiophene rings is 1. The van der Waals surface area contributed by atoms with Crippen molar-refractivity contribution in [2.24, 2.45) is 14.1 Å². The number of ketones is 1. The summed E-state index contributed by atoms with van der Waals surface area (Å²) < 4.78 is 3.71. The van der Waals surface area contributed by atoms with E-state index < -0.39 is 0 Å². The van der Waals surface area contributed by atoms with Crippen molar-refractivity contribution in [1.29, 1.82) is 0 Å². The molecule has 0 unspecified atom stereocenters. The summed E-state index contributed by atoms with van der Waals surface area (Å²) in [5, 5.41) is 2.22. The van der Waals surface area contributed by atoms with Crippen LogP contribution in [0.5, 0.6) is 0 Å². The topological polar surface area (TPSA) is 44.0 Å². The largest absolute Gasteiger partial charge is 0.328 e. The van der Waals surface area contributed by atoms with E-state index >= 15 is 0 Å². The first-order valence-electron chi connectivity index (χ1n) is 6.04. The van der Waals surface area contributed by atoms with Crippen molar-refractivity contribution in [1.82, 2.24) is 9.13 Å². The number of aromatic nitrogens is 2. The zero-order valence-electron chi connectivity index (χ0n) is 11.2. The average molecular weight is 386 g/mol. The first-order valence-corrected chi connectivity index (χ1v) is 8.09. The molecule has 0 N–H and O–H groups in total. The Morgan fingerprint density at radius 1 is 1.24 bits per heavy atom. The van der Waals surface area contributed by atoms with Crippen molar-refractivity contribution in [3.05, 3.63) is 54.0 Å². The van der Waals surface area contributed by atoms with E-state index in [4.69, 9.17) is 11.6 Å². The van der Waals surface area contributed by atoms with Gasteiger partial charge in [-0.1, -0.05) is 11.6 Å². The molecule has 7 heteroatoms. The molecule has 0 aliphatic rings. The molecule has 108 valence electrons. The van der Waals surface area contributed by atoms with Gasteiger partial charge in [-0.25, -0.2) is 4.79 Å². The molecule has 0 amide bonds. The average Bonchev–Trinajstić information content (AvgIpc) is 2.97. The van der Waals surface area contributed by atoms with Crippen LogP contribution in [0.3, 0.4) is 0 Å². The van der Waals surface area contributed by atoms with E-state index in [0.717, 1.165) is 5.52 Å². The predicted molar refractivity (Wildman–Crippen MR) is 88.6 cm³/mol. The fourth-order valence-corrected chi connectivity index (χ4v) is 3.88. The summed E-state index contributed by atoms with van der Waals surface area (Å²) in [5.74, 6) is -0.153. The van der Waals surface area contributed by atoms with Crippen molar-refractivity contribution in [3.8, 4) is 0 Å². The fourth-order valence-electron chi connectivity index (χ4n) is 2.27. The van der Waals surface area contributed by atoms with Gasteiger partial charge in [0.15, 0.2) is 0 Å². The van der Waals surface area contributed by atoms with Crippen LogP contribution in [0, 0.1) is 0 Å². The van der Waals surface area contributed by atoms with Gasteiger partial charge in [0.05, 0.1) is 20.9 Å². The first kappa shape index (κ1) is 14.6. The summed E-state index contributed by atoms with van der Waals surface area (Å²) in [6.07, 6.45) is 0. The van der Waals surface area contributed by atoms with Crippen LogP contribution in [0.25, 0.3) is 11.0 Å². The number of fused-ring (bicyclic) bond motifs is 1. The van der Waals surface area contributed by atoms with Crippen molar-refractivity contribution >= 4 is 55.7 Å². The van der Waals surface area contributed by atoms with Gasteiger partial charge in [-0.3, -0.25) is 13.9 Å². The van der Waals surface area contributed by atoms with Gasteiger partial charge in [-0.2, -0.15) is 0 Å². The second kappa shape index (κ2) is 5.12. The van der Waals surface area contributed by atoms with E-state index in [1.807, 2.05) is 0 Å². The highest BCUT2D eigenvalue weighted by Crippen LogP contribution is 2.30. The van der Waals surface area contributed by atoms with Crippen molar-refractivity contribution in [3.63, 3.8) is 0 Å². The number of rotatable bonds is 2. The number of halogens is 2. The Morgan fingerprint density at radius 3 is 2.43 bits per heavy atom. The Kier molecular flexibility index (Phi) is 3.55. The van der Waals surface area contributed by atoms with Crippen LogP contribution < -0.4 is 5.69 Å². The molecule has 3 rings (SSSR count). The zero-order chi connectivity index (χ0) is 15.3. The number of nitrogens with zero attached hydrogens (tertiary/aromatic N) is 2. The van der Waals surface area contributed by atoms with Crippen LogP contribution in [-0.2, 0) is 14.1 Å².